The number of amides is 1. The van der Waals surface area contributed by atoms with Crippen molar-refractivity contribution in [3.05, 3.63) is 95.7 Å². The maximum atomic E-state index is 13.0. The first-order valence-electron chi connectivity index (χ1n) is 11.8. The second-order valence-electron chi connectivity index (χ2n) is 8.27. The molecule has 37 heavy (non-hydrogen) atoms. The van der Waals surface area contributed by atoms with Crippen LogP contribution in [0.4, 0.5) is 22.9 Å². The van der Waals surface area contributed by atoms with Crippen molar-refractivity contribution in [3.63, 3.8) is 0 Å². The molecule has 0 saturated carbocycles. The standard InChI is InChI=1S/C27H25ClN6O3/c28-24-15-20(6-9-25(24)37-17-21-3-1-2-10-30-21)32-26-23(16-29-18-31-26)27(35)33-19-4-7-22(8-5-19)34-11-13-36-14-12-34/h1-10,15-16,18H,11-14,17H2,(H,33,35)(H,29,31,32). The van der Waals surface area contributed by atoms with Gasteiger partial charge in [-0.2, -0.15) is 0 Å². The molecular weight excluding hydrogens is 492 g/mol. The minimum Gasteiger partial charge on any atom is -0.486 e. The second kappa shape index (κ2) is 11.7. The summed E-state index contributed by atoms with van der Waals surface area (Å²) in [5.74, 6) is 0.554. The highest BCUT2D eigenvalue weighted by molar-refractivity contribution is 6.32. The Morgan fingerprint density at radius 1 is 1.03 bits per heavy atom. The van der Waals surface area contributed by atoms with Gasteiger partial charge in [0.15, 0.2) is 0 Å². The minimum atomic E-state index is -0.330. The quantitative estimate of drug-likeness (QED) is 0.340. The van der Waals surface area contributed by atoms with E-state index in [1.54, 1.807) is 24.4 Å². The Labute approximate surface area is 219 Å². The number of morpholine rings is 1. The first-order chi connectivity index (χ1) is 18.2. The molecule has 0 atom stereocenters. The first-order valence-corrected chi connectivity index (χ1v) is 12.2. The normalized spacial score (nSPS) is 13.2. The lowest BCUT2D eigenvalue weighted by Gasteiger charge is -2.28. The molecule has 2 N–H and O–H groups in total. The van der Waals surface area contributed by atoms with Crippen molar-refractivity contribution in [2.45, 2.75) is 6.61 Å². The largest absolute Gasteiger partial charge is 0.486 e. The summed E-state index contributed by atoms with van der Waals surface area (Å²) in [4.78, 5) is 27.8. The molecule has 3 heterocycles. The summed E-state index contributed by atoms with van der Waals surface area (Å²) in [6, 6.07) is 18.6. The molecule has 4 aromatic rings. The first kappa shape index (κ1) is 24.5. The molecule has 2 aromatic heterocycles. The zero-order chi connectivity index (χ0) is 25.5. The predicted molar refractivity (Wildman–Crippen MR) is 143 cm³/mol. The molecule has 5 rings (SSSR count). The van der Waals surface area contributed by atoms with E-state index in [1.165, 1.54) is 12.5 Å². The lowest BCUT2D eigenvalue weighted by atomic mass is 10.2. The van der Waals surface area contributed by atoms with Crippen LogP contribution in [0.5, 0.6) is 5.75 Å². The topological polar surface area (TPSA) is 102 Å². The van der Waals surface area contributed by atoms with E-state index >= 15 is 0 Å². The van der Waals surface area contributed by atoms with Crippen LogP contribution >= 0.6 is 11.6 Å². The molecule has 0 spiro atoms. The van der Waals surface area contributed by atoms with Crippen molar-refractivity contribution in [1.82, 2.24) is 15.0 Å². The zero-order valence-electron chi connectivity index (χ0n) is 19.9. The molecule has 10 heteroatoms. The third kappa shape index (κ3) is 6.32. The highest BCUT2D eigenvalue weighted by Gasteiger charge is 2.16. The summed E-state index contributed by atoms with van der Waals surface area (Å²) >= 11 is 6.43. The highest BCUT2D eigenvalue weighted by Crippen LogP contribution is 2.30. The van der Waals surface area contributed by atoms with E-state index in [9.17, 15) is 4.79 Å². The minimum absolute atomic E-state index is 0.298. The van der Waals surface area contributed by atoms with Gasteiger partial charge in [-0.3, -0.25) is 9.78 Å². The van der Waals surface area contributed by atoms with E-state index in [-0.39, 0.29) is 5.91 Å². The number of nitrogens with zero attached hydrogens (tertiary/aromatic N) is 4. The number of carbonyl (C=O) groups is 1. The van der Waals surface area contributed by atoms with Gasteiger partial charge in [0.1, 0.15) is 30.1 Å². The Morgan fingerprint density at radius 2 is 1.84 bits per heavy atom. The number of benzene rings is 2. The number of rotatable bonds is 8. The van der Waals surface area contributed by atoms with Gasteiger partial charge in [0.2, 0.25) is 0 Å². The highest BCUT2D eigenvalue weighted by atomic mass is 35.5. The Morgan fingerprint density at radius 3 is 2.59 bits per heavy atom. The van der Waals surface area contributed by atoms with Crippen molar-refractivity contribution >= 4 is 40.4 Å². The van der Waals surface area contributed by atoms with E-state index in [0.717, 1.165) is 24.5 Å². The van der Waals surface area contributed by atoms with E-state index < -0.39 is 0 Å². The number of halogens is 1. The number of aromatic nitrogens is 3. The van der Waals surface area contributed by atoms with Crippen molar-refractivity contribution in [2.24, 2.45) is 0 Å². The molecule has 188 valence electrons. The Balaban J connectivity index is 1.24. The SMILES string of the molecule is O=C(Nc1ccc(N2CCOCC2)cc1)c1cncnc1Nc1ccc(OCc2ccccn2)c(Cl)c1. The summed E-state index contributed by atoms with van der Waals surface area (Å²) in [5.41, 5.74) is 3.52. The smallest absolute Gasteiger partial charge is 0.261 e. The fourth-order valence-corrected chi connectivity index (χ4v) is 4.07. The van der Waals surface area contributed by atoms with Crippen molar-refractivity contribution in [1.29, 1.82) is 0 Å². The maximum absolute atomic E-state index is 13.0. The number of anilines is 4. The summed E-state index contributed by atoms with van der Waals surface area (Å²) in [6.07, 6.45) is 4.56. The van der Waals surface area contributed by atoms with Gasteiger partial charge < -0.3 is 25.0 Å². The van der Waals surface area contributed by atoms with Crippen LogP contribution in [0.1, 0.15) is 16.1 Å². The Hall–Kier alpha value is -4.21. The molecule has 0 bridgehead atoms. The Kier molecular flexibility index (Phi) is 7.73. The lowest BCUT2D eigenvalue weighted by Crippen LogP contribution is -2.36. The van der Waals surface area contributed by atoms with Gasteiger partial charge in [0, 0.05) is 42.5 Å². The van der Waals surface area contributed by atoms with E-state index in [0.29, 0.717) is 53.3 Å². The molecule has 0 radical (unpaired) electrons. The van der Waals surface area contributed by atoms with Gasteiger partial charge in [0.25, 0.3) is 5.91 Å². The summed E-state index contributed by atoms with van der Waals surface area (Å²) in [6.45, 7) is 3.44. The summed E-state index contributed by atoms with van der Waals surface area (Å²) in [7, 11) is 0. The monoisotopic (exact) mass is 516 g/mol. The number of ether oxygens (including phenoxy) is 2. The van der Waals surface area contributed by atoms with Crippen LogP contribution in [0.25, 0.3) is 0 Å². The molecule has 1 amide bonds. The molecule has 2 aromatic carbocycles. The summed E-state index contributed by atoms with van der Waals surface area (Å²) in [5, 5.41) is 6.48. The molecule has 1 saturated heterocycles. The third-order valence-electron chi connectivity index (χ3n) is 5.75. The van der Waals surface area contributed by atoms with E-state index in [1.807, 2.05) is 42.5 Å². The van der Waals surface area contributed by atoms with Gasteiger partial charge in [-0.25, -0.2) is 9.97 Å². The molecule has 0 unspecified atom stereocenters. The van der Waals surface area contributed by atoms with Gasteiger partial charge in [-0.1, -0.05) is 17.7 Å². The van der Waals surface area contributed by atoms with Crippen LogP contribution in [0, 0.1) is 0 Å². The number of hydrogen-bond donors (Lipinski definition) is 2. The van der Waals surface area contributed by atoms with Crippen LogP contribution in [0.3, 0.4) is 0 Å². The summed E-state index contributed by atoms with van der Waals surface area (Å²) < 4.78 is 11.2. The van der Waals surface area contributed by atoms with E-state index in [2.05, 4.69) is 30.5 Å². The zero-order valence-corrected chi connectivity index (χ0v) is 20.7. The molecule has 1 aliphatic heterocycles. The fourth-order valence-electron chi connectivity index (χ4n) is 3.84. The third-order valence-corrected chi connectivity index (χ3v) is 6.05. The van der Waals surface area contributed by atoms with Crippen LogP contribution in [0.15, 0.2) is 79.4 Å². The molecule has 1 aliphatic rings. The van der Waals surface area contributed by atoms with Gasteiger partial charge >= 0.3 is 0 Å². The second-order valence-corrected chi connectivity index (χ2v) is 8.67. The lowest BCUT2D eigenvalue weighted by molar-refractivity contribution is 0.102. The fraction of sp³-hybridized carbons (Fsp3) is 0.185. The average Bonchev–Trinajstić information content (AvgIpc) is 2.94. The van der Waals surface area contributed by atoms with Crippen molar-refractivity contribution in [2.75, 3.05) is 41.8 Å². The van der Waals surface area contributed by atoms with Crippen molar-refractivity contribution < 1.29 is 14.3 Å². The van der Waals surface area contributed by atoms with Gasteiger partial charge in [-0.15, -0.1) is 0 Å². The van der Waals surface area contributed by atoms with E-state index in [4.69, 9.17) is 21.1 Å². The number of nitrogens with one attached hydrogen (secondary N) is 2. The number of carbonyl (C=O) groups excluding carboxylic acids is 1. The molecule has 1 fully saturated rings. The Bertz CT molecular complexity index is 1350. The maximum Gasteiger partial charge on any atom is 0.261 e. The van der Waals surface area contributed by atoms with Gasteiger partial charge in [0.05, 0.1) is 23.9 Å². The average molecular weight is 517 g/mol. The van der Waals surface area contributed by atoms with Gasteiger partial charge in [-0.05, 0) is 54.6 Å². The molecule has 0 aliphatic carbocycles. The molecule has 9 nitrogen and oxygen atoms in total. The van der Waals surface area contributed by atoms with Crippen LogP contribution < -0.4 is 20.3 Å². The number of pyridine rings is 1. The van der Waals surface area contributed by atoms with Crippen LogP contribution in [-0.2, 0) is 11.3 Å². The van der Waals surface area contributed by atoms with Crippen LogP contribution in [-0.4, -0.2) is 47.2 Å². The predicted octanol–water partition coefficient (Wildman–Crippen LogP) is 4.94. The molecular formula is C27H25ClN6O3. The van der Waals surface area contributed by atoms with Crippen molar-refractivity contribution in [3.8, 4) is 5.75 Å². The van der Waals surface area contributed by atoms with Crippen LogP contribution in [0.2, 0.25) is 5.02 Å². The number of hydrogen-bond acceptors (Lipinski definition) is 8.